The molecule has 32 heavy (non-hydrogen) atoms. The van der Waals surface area contributed by atoms with E-state index in [9.17, 15) is 14.7 Å². The molecule has 3 aromatic rings. The van der Waals surface area contributed by atoms with E-state index in [1.165, 1.54) is 11.9 Å². The van der Waals surface area contributed by atoms with Crippen LogP contribution >= 0.6 is 0 Å². The van der Waals surface area contributed by atoms with E-state index in [-0.39, 0.29) is 12.5 Å². The molecule has 8 heteroatoms. The Morgan fingerprint density at radius 1 is 1.09 bits per heavy atom. The maximum absolute atomic E-state index is 12.7. The van der Waals surface area contributed by atoms with E-state index in [4.69, 9.17) is 4.74 Å². The van der Waals surface area contributed by atoms with Gasteiger partial charge in [0.2, 0.25) is 0 Å². The molecule has 0 unspecified atom stereocenters. The number of nitrogens with zero attached hydrogens (tertiary/aromatic N) is 4. The van der Waals surface area contributed by atoms with E-state index in [1.54, 1.807) is 17.1 Å². The van der Waals surface area contributed by atoms with Crippen molar-refractivity contribution >= 4 is 12.1 Å². The third-order valence-electron chi connectivity index (χ3n) is 5.96. The van der Waals surface area contributed by atoms with Crippen molar-refractivity contribution in [3.05, 3.63) is 72.1 Å². The summed E-state index contributed by atoms with van der Waals surface area (Å²) in [6, 6.07) is 15.2. The Bertz CT molecular complexity index is 1040. The molecule has 1 aromatic heterocycles. The highest BCUT2D eigenvalue weighted by Gasteiger charge is 2.31. The van der Waals surface area contributed by atoms with Crippen LogP contribution in [0.3, 0.4) is 0 Å². The first-order valence-corrected chi connectivity index (χ1v) is 10.7. The van der Waals surface area contributed by atoms with Crippen LogP contribution in [0, 0.1) is 0 Å². The van der Waals surface area contributed by atoms with Gasteiger partial charge < -0.3 is 9.84 Å². The van der Waals surface area contributed by atoms with E-state index in [1.807, 2.05) is 36.4 Å². The topological polar surface area (TPSA) is 97.5 Å². The van der Waals surface area contributed by atoms with Gasteiger partial charge in [-0.25, -0.2) is 9.59 Å². The van der Waals surface area contributed by atoms with E-state index in [0.29, 0.717) is 19.4 Å². The number of hydrogen-bond acceptors (Lipinski definition) is 5. The minimum Gasteiger partial charge on any atom is -0.480 e. The Labute approximate surface area is 186 Å². The van der Waals surface area contributed by atoms with Crippen molar-refractivity contribution in [1.82, 2.24) is 19.9 Å². The molecule has 8 nitrogen and oxygen atoms in total. The molecule has 166 valence electrons. The Hall–Kier alpha value is -3.68. The number of aryl methyl sites for hydroxylation is 1. The van der Waals surface area contributed by atoms with Crippen LogP contribution in [0.1, 0.15) is 36.3 Å². The van der Waals surface area contributed by atoms with Crippen molar-refractivity contribution in [3.8, 4) is 11.1 Å². The van der Waals surface area contributed by atoms with Crippen LogP contribution in [-0.2, 0) is 16.1 Å². The van der Waals surface area contributed by atoms with Gasteiger partial charge in [0, 0.05) is 25.7 Å². The summed E-state index contributed by atoms with van der Waals surface area (Å²) in [5.41, 5.74) is 4.53. The van der Waals surface area contributed by atoms with Gasteiger partial charge in [0.1, 0.15) is 12.6 Å². The lowest BCUT2D eigenvalue weighted by Gasteiger charge is -2.25. The number of unbranched alkanes of at least 4 members (excludes halogenated alkanes) is 1. The maximum atomic E-state index is 12.7. The molecule has 0 saturated carbocycles. The minimum absolute atomic E-state index is 0.0642. The first-order chi connectivity index (χ1) is 15.6. The van der Waals surface area contributed by atoms with Gasteiger partial charge in [-0.2, -0.15) is 0 Å². The van der Waals surface area contributed by atoms with Crippen LogP contribution in [0.2, 0.25) is 0 Å². The summed E-state index contributed by atoms with van der Waals surface area (Å²) in [7, 11) is 1.48. The van der Waals surface area contributed by atoms with E-state index >= 15 is 0 Å². The molecule has 0 bridgehead atoms. The molecule has 0 radical (unpaired) electrons. The van der Waals surface area contributed by atoms with Gasteiger partial charge in [0.25, 0.3) is 0 Å². The van der Waals surface area contributed by atoms with Crippen molar-refractivity contribution in [2.24, 2.45) is 0 Å². The standard InChI is InChI=1S/C24H26N4O4/c1-27(22(23(29)30)12-6-7-14-28-15-13-25-26-28)24(31)32-16-21-19-10-4-2-8-17(19)18-9-3-5-11-20(18)21/h2-5,8-11,13,15,21-22H,6-7,12,14,16H2,1H3,(H,29,30)/t22-/m0/s1. The normalized spacial score (nSPS) is 13.3. The predicted molar refractivity (Wildman–Crippen MR) is 118 cm³/mol. The molecule has 0 saturated heterocycles. The van der Waals surface area contributed by atoms with Crippen LogP contribution < -0.4 is 0 Å². The lowest BCUT2D eigenvalue weighted by molar-refractivity contribution is -0.142. The molecule has 0 fully saturated rings. The van der Waals surface area contributed by atoms with Gasteiger partial charge in [0.05, 0.1) is 6.20 Å². The monoisotopic (exact) mass is 434 g/mol. The number of aromatic nitrogens is 3. The number of rotatable bonds is 9. The number of carbonyl (C=O) groups is 2. The summed E-state index contributed by atoms with van der Waals surface area (Å²) in [6.45, 7) is 0.816. The molecule has 1 atom stereocenters. The molecule has 1 heterocycles. The number of benzene rings is 2. The number of aliphatic carboxylic acids is 1. The van der Waals surface area contributed by atoms with Gasteiger partial charge in [0.15, 0.2) is 0 Å². The van der Waals surface area contributed by atoms with Crippen LogP contribution in [0.25, 0.3) is 11.1 Å². The van der Waals surface area contributed by atoms with Gasteiger partial charge in [-0.1, -0.05) is 53.7 Å². The van der Waals surface area contributed by atoms with Crippen LogP contribution in [0.4, 0.5) is 4.79 Å². The maximum Gasteiger partial charge on any atom is 0.410 e. The second-order valence-electron chi connectivity index (χ2n) is 7.93. The van der Waals surface area contributed by atoms with Gasteiger partial charge >= 0.3 is 12.1 Å². The zero-order valence-electron chi connectivity index (χ0n) is 17.9. The predicted octanol–water partition coefficient (Wildman–Crippen LogP) is 3.78. The van der Waals surface area contributed by atoms with Crippen LogP contribution in [-0.4, -0.2) is 56.8 Å². The first-order valence-electron chi connectivity index (χ1n) is 10.7. The quantitative estimate of drug-likeness (QED) is 0.515. The van der Waals surface area contributed by atoms with Crippen molar-refractivity contribution in [2.45, 2.75) is 37.8 Å². The number of ether oxygens (including phenoxy) is 1. The average molecular weight is 434 g/mol. The first kappa shape index (κ1) is 21.5. The number of carboxylic acid groups (broad SMARTS) is 1. The number of amides is 1. The Balaban J connectivity index is 1.35. The smallest absolute Gasteiger partial charge is 0.410 e. The third kappa shape index (κ3) is 4.49. The zero-order valence-corrected chi connectivity index (χ0v) is 17.9. The molecule has 0 aliphatic heterocycles. The second kappa shape index (κ2) is 9.64. The second-order valence-corrected chi connectivity index (χ2v) is 7.93. The summed E-state index contributed by atoms with van der Waals surface area (Å²) in [6.07, 6.45) is 4.45. The van der Waals surface area contributed by atoms with Gasteiger partial charge in [-0.3, -0.25) is 9.58 Å². The SMILES string of the molecule is CN(C(=O)OCC1c2ccccc2-c2ccccc21)[C@@H](CCCCn1ccnn1)C(=O)O. The van der Waals surface area contributed by atoms with Crippen molar-refractivity contribution in [3.63, 3.8) is 0 Å². The zero-order chi connectivity index (χ0) is 22.5. The fourth-order valence-corrected chi connectivity index (χ4v) is 4.27. The molecule has 1 amide bonds. The Morgan fingerprint density at radius 2 is 1.75 bits per heavy atom. The highest BCUT2D eigenvalue weighted by Crippen LogP contribution is 2.44. The molecule has 2 aromatic carbocycles. The number of likely N-dealkylation sites (N-methyl/N-ethyl adjacent to an activating group) is 1. The van der Waals surface area contributed by atoms with E-state index in [2.05, 4.69) is 22.4 Å². The molecular formula is C24H26N4O4. The van der Waals surface area contributed by atoms with Gasteiger partial charge in [-0.15, -0.1) is 5.10 Å². The third-order valence-corrected chi connectivity index (χ3v) is 5.96. The molecule has 0 spiro atoms. The summed E-state index contributed by atoms with van der Waals surface area (Å²) in [5.74, 6) is -1.10. The van der Waals surface area contributed by atoms with Crippen LogP contribution in [0.5, 0.6) is 0 Å². The molecular weight excluding hydrogens is 408 g/mol. The highest BCUT2D eigenvalue weighted by molar-refractivity contribution is 5.81. The lowest BCUT2D eigenvalue weighted by Crippen LogP contribution is -2.43. The van der Waals surface area contributed by atoms with Crippen LogP contribution in [0.15, 0.2) is 60.9 Å². The summed E-state index contributed by atoms with van der Waals surface area (Å²) >= 11 is 0. The molecule has 1 aliphatic rings. The fraction of sp³-hybridized carbons (Fsp3) is 0.333. The van der Waals surface area contributed by atoms with Gasteiger partial charge in [-0.05, 0) is 41.5 Å². The molecule has 1 aliphatic carbocycles. The molecule has 4 rings (SSSR count). The van der Waals surface area contributed by atoms with E-state index in [0.717, 1.165) is 28.7 Å². The average Bonchev–Trinajstić information content (AvgIpc) is 3.43. The van der Waals surface area contributed by atoms with Crippen molar-refractivity contribution < 1.29 is 19.4 Å². The summed E-state index contributed by atoms with van der Waals surface area (Å²) in [4.78, 5) is 25.7. The fourth-order valence-electron chi connectivity index (χ4n) is 4.27. The van der Waals surface area contributed by atoms with E-state index < -0.39 is 18.1 Å². The highest BCUT2D eigenvalue weighted by atomic mass is 16.6. The summed E-state index contributed by atoms with van der Waals surface area (Å²) in [5, 5.41) is 17.3. The minimum atomic E-state index is -1.04. The number of hydrogen-bond donors (Lipinski definition) is 1. The largest absolute Gasteiger partial charge is 0.480 e. The Kier molecular flexibility index (Phi) is 6.49. The van der Waals surface area contributed by atoms with Crippen molar-refractivity contribution in [2.75, 3.05) is 13.7 Å². The number of fused-ring (bicyclic) bond motifs is 3. The number of carbonyl (C=O) groups excluding carboxylic acids is 1. The lowest BCUT2D eigenvalue weighted by atomic mass is 9.98. The number of carboxylic acids is 1. The molecule has 1 N–H and O–H groups in total. The van der Waals surface area contributed by atoms with Crippen molar-refractivity contribution in [1.29, 1.82) is 0 Å². The Morgan fingerprint density at radius 3 is 2.34 bits per heavy atom. The summed E-state index contributed by atoms with van der Waals surface area (Å²) < 4.78 is 7.30.